The number of phenols is 1. The number of aryl methyl sites for hydroxylation is 1. The summed E-state index contributed by atoms with van der Waals surface area (Å²) in [6, 6.07) is 6.27. The van der Waals surface area contributed by atoms with Crippen LogP contribution in [0.5, 0.6) is 5.75 Å². The van der Waals surface area contributed by atoms with Crippen molar-refractivity contribution >= 4 is 17.3 Å². The fourth-order valence-electron chi connectivity index (χ4n) is 1.60. The molecule has 2 aromatic rings. The van der Waals surface area contributed by atoms with Crippen LogP contribution in [0.25, 0.3) is 0 Å². The molecule has 6 nitrogen and oxygen atoms in total. The van der Waals surface area contributed by atoms with Gasteiger partial charge in [0.05, 0.1) is 11.4 Å². The highest BCUT2D eigenvalue weighted by molar-refractivity contribution is 6.06. The van der Waals surface area contributed by atoms with Crippen LogP contribution < -0.4 is 11.1 Å². The highest BCUT2D eigenvalue weighted by Gasteiger charge is 2.16. The van der Waals surface area contributed by atoms with Gasteiger partial charge in [0.15, 0.2) is 5.69 Å². The summed E-state index contributed by atoms with van der Waals surface area (Å²) in [6.45, 7) is 1.92. The van der Waals surface area contributed by atoms with E-state index in [0.29, 0.717) is 17.8 Å². The molecule has 0 unspecified atom stereocenters. The van der Waals surface area contributed by atoms with Crippen molar-refractivity contribution in [2.75, 3.05) is 11.1 Å². The molecule has 0 spiro atoms. The zero-order valence-corrected chi connectivity index (χ0v) is 9.90. The summed E-state index contributed by atoms with van der Waals surface area (Å²) in [5.74, 6) is -0.328. The van der Waals surface area contributed by atoms with Crippen molar-refractivity contribution in [2.24, 2.45) is 0 Å². The number of rotatable bonds is 3. The first-order valence-electron chi connectivity index (χ1n) is 5.55. The maximum atomic E-state index is 11.9. The highest BCUT2D eigenvalue weighted by Crippen LogP contribution is 2.19. The van der Waals surface area contributed by atoms with E-state index in [0.717, 1.165) is 5.69 Å². The summed E-state index contributed by atoms with van der Waals surface area (Å²) in [4.78, 5) is 11.9. The van der Waals surface area contributed by atoms with Crippen molar-refractivity contribution < 1.29 is 9.90 Å². The Labute approximate surface area is 104 Å². The lowest BCUT2D eigenvalue weighted by Crippen LogP contribution is -2.14. The van der Waals surface area contributed by atoms with Gasteiger partial charge in [-0.2, -0.15) is 5.10 Å². The van der Waals surface area contributed by atoms with Crippen LogP contribution in [0, 0.1) is 0 Å². The normalized spacial score (nSPS) is 10.3. The molecule has 18 heavy (non-hydrogen) atoms. The van der Waals surface area contributed by atoms with Gasteiger partial charge in [-0.25, -0.2) is 0 Å². The molecule has 0 saturated heterocycles. The Balaban J connectivity index is 2.19. The van der Waals surface area contributed by atoms with Crippen molar-refractivity contribution in [1.29, 1.82) is 0 Å². The average Bonchev–Trinajstić information content (AvgIpc) is 2.70. The molecule has 1 heterocycles. The van der Waals surface area contributed by atoms with E-state index in [1.54, 1.807) is 12.1 Å². The molecular weight excluding hydrogens is 232 g/mol. The first kappa shape index (κ1) is 12.0. The Kier molecular flexibility index (Phi) is 3.18. The number of aromatic amines is 1. The molecular formula is C12H14N4O2. The highest BCUT2D eigenvalue weighted by atomic mass is 16.3. The molecule has 1 aromatic heterocycles. The third-order valence-corrected chi connectivity index (χ3v) is 2.56. The van der Waals surface area contributed by atoms with E-state index in [1.807, 2.05) is 6.92 Å². The van der Waals surface area contributed by atoms with E-state index < -0.39 is 5.91 Å². The summed E-state index contributed by atoms with van der Waals surface area (Å²) in [5, 5.41) is 18.5. The van der Waals surface area contributed by atoms with Crippen LogP contribution in [0.2, 0.25) is 0 Å². The van der Waals surface area contributed by atoms with Gasteiger partial charge in [-0.1, -0.05) is 13.0 Å². The number of nitrogens with two attached hydrogens (primary N) is 1. The van der Waals surface area contributed by atoms with Crippen LogP contribution in [0.15, 0.2) is 24.3 Å². The number of nitrogens with one attached hydrogen (secondary N) is 2. The minimum absolute atomic E-state index is 0.0806. The molecule has 6 heteroatoms. The fourth-order valence-corrected chi connectivity index (χ4v) is 1.60. The molecule has 0 bridgehead atoms. The number of carbonyl (C=O) groups excluding carboxylic acids is 1. The Bertz CT molecular complexity index is 577. The number of aromatic nitrogens is 2. The Morgan fingerprint density at radius 3 is 2.94 bits per heavy atom. The zero-order valence-electron chi connectivity index (χ0n) is 9.90. The lowest BCUT2D eigenvalue weighted by Gasteiger charge is -2.04. The van der Waals surface area contributed by atoms with Gasteiger partial charge < -0.3 is 16.2 Å². The van der Waals surface area contributed by atoms with Crippen LogP contribution in [0.3, 0.4) is 0 Å². The third kappa shape index (κ3) is 2.27. The summed E-state index contributed by atoms with van der Waals surface area (Å²) < 4.78 is 0. The number of carbonyl (C=O) groups is 1. The van der Waals surface area contributed by atoms with E-state index in [1.165, 1.54) is 12.1 Å². The van der Waals surface area contributed by atoms with Crippen LogP contribution in [-0.2, 0) is 6.42 Å². The number of anilines is 2. The second-order valence-electron chi connectivity index (χ2n) is 3.82. The van der Waals surface area contributed by atoms with Crippen molar-refractivity contribution in [2.45, 2.75) is 13.3 Å². The third-order valence-electron chi connectivity index (χ3n) is 2.56. The molecule has 1 aromatic carbocycles. The SMILES string of the molecule is CCc1[nH]nc(C(=O)Nc2cccc(O)c2)c1N. The predicted octanol–water partition coefficient (Wildman–Crippen LogP) is 1.51. The summed E-state index contributed by atoms with van der Waals surface area (Å²) in [5.41, 5.74) is 7.53. The van der Waals surface area contributed by atoms with Gasteiger partial charge in [0, 0.05) is 11.8 Å². The lowest BCUT2D eigenvalue weighted by molar-refractivity contribution is 0.102. The van der Waals surface area contributed by atoms with E-state index in [4.69, 9.17) is 5.73 Å². The second-order valence-corrected chi connectivity index (χ2v) is 3.82. The minimum atomic E-state index is -0.408. The number of benzene rings is 1. The lowest BCUT2D eigenvalue weighted by atomic mass is 10.2. The average molecular weight is 246 g/mol. The van der Waals surface area contributed by atoms with E-state index in [9.17, 15) is 9.90 Å². The maximum Gasteiger partial charge on any atom is 0.278 e. The molecule has 0 saturated carbocycles. The standard InChI is InChI=1S/C12H14N4O2/c1-2-9-10(13)11(16-15-9)12(18)14-7-4-3-5-8(17)6-7/h3-6,17H,2,13H2,1H3,(H,14,18)(H,15,16). The molecule has 0 aliphatic heterocycles. The molecule has 2 rings (SSSR count). The predicted molar refractivity (Wildman–Crippen MR) is 68.4 cm³/mol. The number of hydrogen-bond acceptors (Lipinski definition) is 4. The Hall–Kier alpha value is -2.50. The van der Waals surface area contributed by atoms with Gasteiger partial charge in [0.25, 0.3) is 5.91 Å². The Morgan fingerprint density at radius 1 is 1.56 bits per heavy atom. The quantitative estimate of drug-likeness (QED) is 0.659. The maximum absolute atomic E-state index is 11.9. The topological polar surface area (TPSA) is 104 Å². The van der Waals surface area contributed by atoms with E-state index >= 15 is 0 Å². The van der Waals surface area contributed by atoms with Gasteiger partial charge in [-0.3, -0.25) is 9.89 Å². The Morgan fingerprint density at radius 2 is 2.33 bits per heavy atom. The molecule has 0 atom stereocenters. The number of nitrogen functional groups attached to an aromatic ring is 1. The summed E-state index contributed by atoms with van der Waals surface area (Å²) in [6.07, 6.45) is 0.679. The molecule has 1 amide bonds. The number of H-pyrrole nitrogens is 1. The van der Waals surface area contributed by atoms with Crippen molar-refractivity contribution in [1.82, 2.24) is 10.2 Å². The molecule has 0 fully saturated rings. The van der Waals surface area contributed by atoms with E-state index in [2.05, 4.69) is 15.5 Å². The van der Waals surface area contributed by atoms with Crippen molar-refractivity contribution in [3.05, 3.63) is 35.7 Å². The van der Waals surface area contributed by atoms with Gasteiger partial charge in [-0.05, 0) is 18.6 Å². The number of amides is 1. The first-order chi connectivity index (χ1) is 8.61. The fraction of sp³-hybridized carbons (Fsp3) is 0.167. The number of aromatic hydroxyl groups is 1. The van der Waals surface area contributed by atoms with Gasteiger partial charge >= 0.3 is 0 Å². The smallest absolute Gasteiger partial charge is 0.278 e. The first-order valence-corrected chi connectivity index (χ1v) is 5.55. The monoisotopic (exact) mass is 246 g/mol. The van der Waals surface area contributed by atoms with Crippen LogP contribution in [-0.4, -0.2) is 21.2 Å². The van der Waals surface area contributed by atoms with Crippen molar-refractivity contribution in [3.8, 4) is 5.75 Å². The van der Waals surface area contributed by atoms with Crippen molar-refractivity contribution in [3.63, 3.8) is 0 Å². The van der Waals surface area contributed by atoms with Gasteiger partial charge in [0.1, 0.15) is 5.75 Å². The van der Waals surface area contributed by atoms with Gasteiger partial charge in [-0.15, -0.1) is 0 Å². The summed E-state index contributed by atoms with van der Waals surface area (Å²) in [7, 11) is 0. The van der Waals surface area contributed by atoms with Gasteiger partial charge in [0.2, 0.25) is 0 Å². The molecule has 0 radical (unpaired) electrons. The van der Waals surface area contributed by atoms with Crippen LogP contribution in [0.4, 0.5) is 11.4 Å². The molecule has 94 valence electrons. The second kappa shape index (κ2) is 4.79. The van der Waals surface area contributed by atoms with E-state index in [-0.39, 0.29) is 11.4 Å². The zero-order chi connectivity index (χ0) is 13.1. The number of nitrogens with zero attached hydrogens (tertiary/aromatic N) is 1. The largest absolute Gasteiger partial charge is 0.508 e. The molecule has 0 aliphatic carbocycles. The number of phenolic OH excluding ortho intramolecular Hbond substituents is 1. The molecule has 0 aliphatic rings. The van der Waals surface area contributed by atoms with Crippen LogP contribution in [0.1, 0.15) is 23.1 Å². The minimum Gasteiger partial charge on any atom is -0.508 e. The molecule has 5 N–H and O–H groups in total. The number of hydrogen-bond donors (Lipinski definition) is 4. The summed E-state index contributed by atoms with van der Waals surface area (Å²) >= 11 is 0. The van der Waals surface area contributed by atoms with Crippen LogP contribution >= 0.6 is 0 Å².